The van der Waals surface area contributed by atoms with Gasteiger partial charge in [0.25, 0.3) is 0 Å². The van der Waals surface area contributed by atoms with E-state index in [-0.39, 0.29) is 31.5 Å². The molecule has 1 unspecified atom stereocenters. The Kier molecular flexibility index (Phi) is 15.3. The summed E-state index contributed by atoms with van der Waals surface area (Å²) >= 11 is 0. The maximum Gasteiger partial charge on any atom is 0.410 e. The van der Waals surface area contributed by atoms with Crippen LogP contribution in [0.2, 0.25) is 0 Å². The number of piperidine rings is 1. The van der Waals surface area contributed by atoms with Crippen LogP contribution in [0.3, 0.4) is 0 Å². The van der Waals surface area contributed by atoms with Crippen LogP contribution in [0.4, 0.5) is 4.79 Å². The smallest absolute Gasteiger partial charge is 0.410 e. The SMILES string of the molecule is CCCCS(=O)(=O)NC(Cc1ccc(OCCCCC2CCN(C(=O)OC(C)(C)C)CC2)cc1)P(=O)(OCC)OCC. The maximum atomic E-state index is 13.5. The van der Waals surface area contributed by atoms with Crippen molar-refractivity contribution in [3.8, 4) is 5.75 Å². The Labute approximate surface area is 253 Å². The molecule has 2 rings (SSSR count). The molecule has 0 spiro atoms. The largest absolute Gasteiger partial charge is 0.494 e. The number of carbonyl (C=O) groups excluding carboxylic acids is 1. The minimum absolute atomic E-state index is 0.0453. The van der Waals surface area contributed by atoms with Crippen molar-refractivity contribution < 1.29 is 36.3 Å². The van der Waals surface area contributed by atoms with Gasteiger partial charge in [-0.3, -0.25) is 4.57 Å². The van der Waals surface area contributed by atoms with Crippen molar-refractivity contribution in [2.75, 3.05) is 38.7 Å². The second kappa shape index (κ2) is 17.6. The van der Waals surface area contributed by atoms with E-state index in [0.717, 1.165) is 62.9 Å². The Bertz CT molecular complexity index is 1070. The van der Waals surface area contributed by atoms with Crippen LogP contribution in [0, 0.1) is 5.92 Å². The molecule has 0 aliphatic carbocycles. The summed E-state index contributed by atoms with van der Waals surface area (Å²) in [7, 11) is -7.40. The first-order chi connectivity index (χ1) is 19.8. The number of likely N-dealkylation sites (tertiary alicyclic amines) is 1. The summed E-state index contributed by atoms with van der Waals surface area (Å²) in [5.41, 5.74) is 0.324. The van der Waals surface area contributed by atoms with Crippen LogP contribution >= 0.6 is 7.60 Å². The fourth-order valence-electron chi connectivity index (χ4n) is 4.80. The predicted octanol–water partition coefficient (Wildman–Crippen LogP) is 6.74. The van der Waals surface area contributed by atoms with Crippen molar-refractivity contribution in [3.63, 3.8) is 0 Å². The van der Waals surface area contributed by atoms with Gasteiger partial charge in [-0.05, 0) is 90.3 Å². The van der Waals surface area contributed by atoms with E-state index in [1.165, 1.54) is 0 Å². The highest BCUT2D eigenvalue weighted by Crippen LogP contribution is 2.53. The minimum atomic E-state index is -3.74. The van der Waals surface area contributed by atoms with Crippen LogP contribution in [-0.2, 0) is 34.8 Å². The Morgan fingerprint density at radius 3 is 2.19 bits per heavy atom. The zero-order valence-electron chi connectivity index (χ0n) is 26.4. The molecule has 1 fully saturated rings. The molecule has 1 atom stereocenters. The number of amides is 1. The first-order valence-corrected chi connectivity index (χ1v) is 18.7. The van der Waals surface area contributed by atoms with Gasteiger partial charge < -0.3 is 23.4 Å². The highest BCUT2D eigenvalue weighted by atomic mass is 32.2. The Hall–Kier alpha value is -1.65. The summed E-state index contributed by atoms with van der Waals surface area (Å²) in [6, 6.07) is 7.39. The van der Waals surface area contributed by atoms with Crippen LogP contribution in [0.25, 0.3) is 0 Å². The zero-order valence-corrected chi connectivity index (χ0v) is 28.1. The molecule has 0 radical (unpaired) electrons. The van der Waals surface area contributed by atoms with Crippen molar-refractivity contribution >= 4 is 23.7 Å². The minimum Gasteiger partial charge on any atom is -0.494 e. The Morgan fingerprint density at radius 1 is 1.02 bits per heavy atom. The van der Waals surface area contributed by atoms with Gasteiger partial charge in [0.05, 0.1) is 25.6 Å². The van der Waals surface area contributed by atoms with Gasteiger partial charge in [-0.1, -0.05) is 31.9 Å². The molecule has 1 amide bonds. The van der Waals surface area contributed by atoms with Crippen molar-refractivity contribution in [2.45, 2.75) is 104 Å². The molecule has 1 aliphatic rings. The normalized spacial score (nSPS) is 15.9. The van der Waals surface area contributed by atoms with E-state index >= 15 is 0 Å². The Balaban J connectivity index is 1.83. The van der Waals surface area contributed by atoms with Gasteiger partial charge in [0.1, 0.15) is 17.1 Å². The standard InChI is InChI=1S/C30H53N2O8PS/c1-7-10-23-42(35,36)31-28(41(34,38-8-2)39-9-3)24-26-14-16-27(17-15-26)37-22-12-11-13-25-18-20-32(21-19-25)29(33)40-30(4,5)6/h14-17,25,28,31H,7-13,18-24H2,1-6H3. The fraction of sp³-hybridized carbons (Fsp3) is 0.767. The number of hydrogen-bond donors (Lipinski definition) is 1. The number of hydrogen-bond acceptors (Lipinski definition) is 8. The fourth-order valence-corrected chi connectivity index (χ4v) is 8.67. The first kappa shape index (κ1) is 36.5. The number of nitrogens with one attached hydrogen (secondary N) is 1. The lowest BCUT2D eigenvalue weighted by Crippen LogP contribution is -2.41. The van der Waals surface area contributed by atoms with Crippen LogP contribution in [-0.4, -0.2) is 69.5 Å². The van der Waals surface area contributed by atoms with Crippen molar-refractivity contribution in [1.29, 1.82) is 0 Å². The highest BCUT2D eigenvalue weighted by molar-refractivity contribution is 7.89. The molecule has 12 heteroatoms. The lowest BCUT2D eigenvalue weighted by Gasteiger charge is -2.33. The van der Waals surface area contributed by atoms with Crippen LogP contribution < -0.4 is 9.46 Å². The van der Waals surface area contributed by atoms with E-state index in [4.69, 9.17) is 18.5 Å². The third kappa shape index (κ3) is 13.3. The molecular formula is C30H53N2O8PS. The number of carbonyl (C=O) groups is 1. The molecule has 1 saturated heterocycles. The summed E-state index contributed by atoms with van der Waals surface area (Å²) < 4.78 is 63.9. The van der Waals surface area contributed by atoms with Crippen LogP contribution in [0.1, 0.15) is 92.1 Å². The molecule has 0 bridgehead atoms. The van der Waals surface area contributed by atoms with Crippen molar-refractivity contribution in [1.82, 2.24) is 9.62 Å². The molecule has 1 aromatic carbocycles. The summed E-state index contributed by atoms with van der Waals surface area (Å²) in [6.07, 6.45) is 6.28. The maximum absolute atomic E-state index is 13.5. The summed E-state index contributed by atoms with van der Waals surface area (Å²) in [6.45, 7) is 13.4. The third-order valence-electron chi connectivity index (χ3n) is 6.98. The van der Waals surface area contributed by atoms with Crippen LogP contribution in [0.5, 0.6) is 5.75 Å². The zero-order chi connectivity index (χ0) is 31.2. The van der Waals surface area contributed by atoms with E-state index in [9.17, 15) is 17.8 Å². The van der Waals surface area contributed by atoms with Gasteiger partial charge in [0.15, 0.2) is 0 Å². The van der Waals surface area contributed by atoms with Gasteiger partial charge in [-0.15, -0.1) is 0 Å². The number of rotatable bonds is 18. The summed E-state index contributed by atoms with van der Waals surface area (Å²) in [5, 5.41) is 0. The second-order valence-electron chi connectivity index (χ2n) is 11.8. The van der Waals surface area contributed by atoms with E-state index in [1.54, 1.807) is 13.8 Å². The quantitative estimate of drug-likeness (QED) is 0.140. The second-order valence-corrected chi connectivity index (χ2v) is 15.9. The summed E-state index contributed by atoms with van der Waals surface area (Å²) in [5.74, 6) is 0.264. The average molecular weight is 633 g/mol. The molecular weight excluding hydrogens is 579 g/mol. The number of ether oxygens (including phenoxy) is 2. The molecule has 242 valence electrons. The van der Waals surface area contributed by atoms with E-state index in [0.29, 0.717) is 18.9 Å². The van der Waals surface area contributed by atoms with E-state index in [2.05, 4.69) is 4.72 Å². The highest BCUT2D eigenvalue weighted by Gasteiger charge is 2.38. The lowest BCUT2D eigenvalue weighted by molar-refractivity contribution is 0.0180. The monoisotopic (exact) mass is 632 g/mol. The molecule has 10 nitrogen and oxygen atoms in total. The molecule has 1 aliphatic heterocycles. The van der Waals surface area contributed by atoms with Gasteiger partial charge in [-0.2, -0.15) is 4.72 Å². The van der Waals surface area contributed by atoms with Gasteiger partial charge in [0, 0.05) is 19.5 Å². The number of benzene rings is 1. The molecule has 42 heavy (non-hydrogen) atoms. The molecule has 0 saturated carbocycles. The third-order valence-corrected chi connectivity index (χ3v) is 10.9. The van der Waals surface area contributed by atoms with Gasteiger partial charge in [-0.25, -0.2) is 13.2 Å². The summed E-state index contributed by atoms with van der Waals surface area (Å²) in [4.78, 5) is 14.1. The topological polar surface area (TPSA) is 120 Å². The van der Waals surface area contributed by atoms with Crippen LogP contribution in [0.15, 0.2) is 24.3 Å². The average Bonchev–Trinajstić information content (AvgIpc) is 2.92. The number of sulfonamides is 1. The van der Waals surface area contributed by atoms with Crippen molar-refractivity contribution in [2.24, 2.45) is 5.92 Å². The number of nitrogens with zero attached hydrogens (tertiary/aromatic N) is 1. The van der Waals surface area contributed by atoms with E-state index in [1.807, 2.05) is 56.9 Å². The van der Waals surface area contributed by atoms with Gasteiger partial charge in [0.2, 0.25) is 10.0 Å². The molecule has 1 N–H and O–H groups in total. The molecule has 1 heterocycles. The van der Waals surface area contributed by atoms with Gasteiger partial charge >= 0.3 is 13.7 Å². The molecule has 0 aromatic heterocycles. The number of unbranched alkanes of at least 4 members (excludes halogenated alkanes) is 2. The Morgan fingerprint density at radius 2 is 1.64 bits per heavy atom. The van der Waals surface area contributed by atoms with E-state index < -0.39 is 29.0 Å². The first-order valence-electron chi connectivity index (χ1n) is 15.4. The molecule has 1 aromatic rings. The predicted molar refractivity (Wildman–Crippen MR) is 166 cm³/mol. The lowest BCUT2D eigenvalue weighted by atomic mass is 9.92. The van der Waals surface area contributed by atoms with Crippen molar-refractivity contribution in [3.05, 3.63) is 29.8 Å².